The molecule has 4 aromatic rings. The SMILES string of the molecule is C=CCn1c(=S)[nH]c2cc(C(=O)Nc3nc4ccccc4n3CC)ccc2c1=O. The molecule has 0 aliphatic rings. The number of para-hydroxylation sites is 2. The maximum Gasteiger partial charge on any atom is 0.262 e. The summed E-state index contributed by atoms with van der Waals surface area (Å²) in [4.78, 5) is 33.0. The molecule has 0 radical (unpaired) electrons. The minimum absolute atomic E-state index is 0.219. The van der Waals surface area contributed by atoms with E-state index >= 15 is 0 Å². The first-order chi connectivity index (χ1) is 14.0. The summed E-state index contributed by atoms with van der Waals surface area (Å²) in [5, 5.41) is 3.33. The predicted molar refractivity (Wildman–Crippen MR) is 117 cm³/mol. The molecule has 0 saturated carbocycles. The number of aromatic nitrogens is 4. The second-order valence-electron chi connectivity index (χ2n) is 6.52. The van der Waals surface area contributed by atoms with Crippen LogP contribution in [0.4, 0.5) is 5.95 Å². The molecule has 0 bridgehead atoms. The summed E-state index contributed by atoms with van der Waals surface area (Å²) >= 11 is 5.26. The van der Waals surface area contributed by atoms with E-state index in [9.17, 15) is 9.59 Å². The van der Waals surface area contributed by atoms with Crippen molar-refractivity contribution < 1.29 is 4.79 Å². The number of hydrogen-bond acceptors (Lipinski definition) is 4. The lowest BCUT2D eigenvalue weighted by atomic mass is 10.1. The van der Waals surface area contributed by atoms with Crippen LogP contribution in [0, 0.1) is 4.77 Å². The number of H-pyrrole nitrogens is 1. The molecule has 4 rings (SSSR count). The third-order valence-electron chi connectivity index (χ3n) is 4.75. The van der Waals surface area contributed by atoms with E-state index in [0.717, 1.165) is 11.0 Å². The van der Waals surface area contributed by atoms with Crippen LogP contribution in [0.15, 0.2) is 59.9 Å². The number of benzene rings is 2. The monoisotopic (exact) mass is 405 g/mol. The first-order valence-electron chi connectivity index (χ1n) is 9.18. The predicted octanol–water partition coefficient (Wildman–Crippen LogP) is 3.87. The van der Waals surface area contributed by atoms with E-state index in [1.54, 1.807) is 24.3 Å². The number of carbonyl (C=O) groups excluding carboxylic acids is 1. The van der Waals surface area contributed by atoms with E-state index in [2.05, 4.69) is 21.9 Å². The number of nitrogens with one attached hydrogen (secondary N) is 2. The van der Waals surface area contributed by atoms with Gasteiger partial charge >= 0.3 is 0 Å². The topological polar surface area (TPSA) is 84.7 Å². The fraction of sp³-hybridized carbons (Fsp3) is 0.143. The number of fused-ring (bicyclic) bond motifs is 2. The van der Waals surface area contributed by atoms with Crippen LogP contribution < -0.4 is 10.9 Å². The molecule has 0 aliphatic carbocycles. The number of carbonyl (C=O) groups is 1. The fourth-order valence-electron chi connectivity index (χ4n) is 3.36. The van der Waals surface area contributed by atoms with Gasteiger partial charge in [-0.2, -0.15) is 0 Å². The first-order valence-corrected chi connectivity index (χ1v) is 9.58. The number of allylic oxidation sites excluding steroid dienone is 1. The van der Waals surface area contributed by atoms with E-state index in [1.165, 1.54) is 4.57 Å². The van der Waals surface area contributed by atoms with Gasteiger partial charge < -0.3 is 9.55 Å². The Labute approximate surface area is 171 Å². The average molecular weight is 405 g/mol. The third-order valence-corrected chi connectivity index (χ3v) is 5.07. The lowest BCUT2D eigenvalue weighted by Crippen LogP contribution is -2.22. The number of rotatable bonds is 5. The Kier molecular flexibility index (Phi) is 4.85. The number of amides is 1. The van der Waals surface area contributed by atoms with Crippen molar-refractivity contribution in [2.24, 2.45) is 0 Å². The summed E-state index contributed by atoms with van der Waals surface area (Å²) < 4.78 is 3.65. The van der Waals surface area contributed by atoms with Gasteiger partial charge in [-0.3, -0.25) is 19.5 Å². The van der Waals surface area contributed by atoms with Gasteiger partial charge in [-0.05, 0) is 49.5 Å². The number of aromatic amines is 1. The Hall–Kier alpha value is -3.52. The Bertz CT molecular complexity index is 1380. The van der Waals surface area contributed by atoms with E-state index in [-0.39, 0.29) is 16.2 Å². The van der Waals surface area contributed by atoms with Crippen molar-refractivity contribution in [3.05, 3.63) is 75.8 Å². The van der Waals surface area contributed by atoms with Crippen LogP contribution in [0.1, 0.15) is 17.3 Å². The molecule has 0 aliphatic heterocycles. The van der Waals surface area contributed by atoms with Gasteiger partial charge in [0.2, 0.25) is 5.95 Å². The summed E-state index contributed by atoms with van der Waals surface area (Å²) in [7, 11) is 0. The molecular weight excluding hydrogens is 386 g/mol. The molecule has 1 amide bonds. The summed E-state index contributed by atoms with van der Waals surface area (Å²) in [5.74, 6) is 0.166. The van der Waals surface area contributed by atoms with Crippen LogP contribution >= 0.6 is 12.2 Å². The van der Waals surface area contributed by atoms with Crippen LogP contribution in [-0.4, -0.2) is 25.0 Å². The Morgan fingerprint density at radius 3 is 2.83 bits per heavy atom. The van der Waals surface area contributed by atoms with Crippen molar-refractivity contribution in [1.82, 2.24) is 19.1 Å². The highest BCUT2D eigenvalue weighted by molar-refractivity contribution is 7.71. The van der Waals surface area contributed by atoms with Crippen molar-refractivity contribution in [1.29, 1.82) is 0 Å². The maximum absolute atomic E-state index is 12.8. The van der Waals surface area contributed by atoms with Crippen molar-refractivity contribution in [3.8, 4) is 0 Å². The van der Waals surface area contributed by atoms with Crippen LogP contribution in [0.3, 0.4) is 0 Å². The highest BCUT2D eigenvalue weighted by Gasteiger charge is 2.15. The zero-order valence-corrected chi connectivity index (χ0v) is 16.6. The highest BCUT2D eigenvalue weighted by Crippen LogP contribution is 2.20. The fourth-order valence-corrected chi connectivity index (χ4v) is 3.62. The van der Waals surface area contributed by atoms with Gasteiger partial charge in [-0.1, -0.05) is 18.2 Å². The molecule has 0 atom stereocenters. The summed E-state index contributed by atoms with van der Waals surface area (Å²) in [6.45, 7) is 6.63. The molecule has 0 saturated heterocycles. The molecule has 0 unspecified atom stereocenters. The molecule has 8 heteroatoms. The maximum atomic E-state index is 12.8. The molecule has 2 heterocycles. The number of hydrogen-bond donors (Lipinski definition) is 2. The Balaban J connectivity index is 1.73. The van der Waals surface area contributed by atoms with E-state index in [4.69, 9.17) is 12.2 Å². The standard InChI is InChI=1S/C21H19N5O2S/c1-3-11-26-19(28)14-10-9-13(12-16(14)23-21(26)29)18(27)24-20-22-15-7-5-6-8-17(15)25(20)4-2/h3,5-10,12H,1,4,11H2,2H3,(H,23,29)(H,22,24,27). The molecular formula is C21H19N5O2S. The van der Waals surface area contributed by atoms with Gasteiger partial charge in [-0.15, -0.1) is 6.58 Å². The first kappa shape index (κ1) is 18.8. The van der Waals surface area contributed by atoms with E-state index < -0.39 is 0 Å². The third kappa shape index (κ3) is 3.27. The summed E-state index contributed by atoms with van der Waals surface area (Å²) in [6, 6.07) is 12.6. The summed E-state index contributed by atoms with van der Waals surface area (Å²) in [5.41, 5.74) is 2.46. The zero-order valence-electron chi connectivity index (χ0n) is 15.8. The highest BCUT2D eigenvalue weighted by atomic mass is 32.1. The van der Waals surface area contributed by atoms with Crippen LogP contribution in [0.25, 0.3) is 21.9 Å². The quantitative estimate of drug-likeness (QED) is 0.390. The second kappa shape index (κ2) is 7.48. The zero-order chi connectivity index (χ0) is 20.5. The van der Waals surface area contributed by atoms with Gasteiger partial charge in [0, 0.05) is 18.7 Å². The largest absolute Gasteiger partial charge is 0.332 e. The van der Waals surface area contributed by atoms with Crippen LogP contribution in [0.2, 0.25) is 0 Å². The number of aryl methyl sites for hydroxylation is 1. The molecule has 7 nitrogen and oxygen atoms in total. The lowest BCUT2D eigenvalue weighted by molar-refractivity contribution is 0.102. The van der Waals surface area contributed by atoms with Gasteiger partial charge in [-0.25, -0.2) is 4.98 Å². The summed E-state index contributed by atoms with van der Waals surface area (Å²) in [6.07, 6.45) is 1.61. The van der Waals surface area contributed by atoms with E-state index in [0.29, 0.717) is 35.5 Å². The average Bonchev–Trinajstić information content (AvgIpc) is 3.07. The minimum atomic E-state index is -0.313. The van der Waals surface area contributed by atoms with Crippen molar-refractivity contribution in [2.75, 3.05) is 5.32 Å². The molecule has 2 N–H and O–H groups in total. The molecule has 146 valence electrons. The molecule has 29 heavy (non-hydrogen) atoms. The minimum Gasteiger partial charge on any atom is -0.332 e. The Morgan fingerprint density at radius 2 is 2.07 bits per heavy atom. The molecule has 2 aromatic carbocycles. The van der Waals surface area contributed by atoms with Gasteiger partial charge in [0.05, 0.1) is 21.9 Å². The molecule has 0 fully saturated rings. The van der Waals surface area contributed by atoms with Crippen molar-refractivity contribution >= 4 is 46.0 Å². The normalized spacial score (nSPS) is 11.1. The van der Waals surface area contributed by atoms with Crippen molar-refractivity contribution in [2.45, 2.75) is 20.0 Å². The number of anilines is 1. The number of nitrogens with zero attached hydrogens (tertiary/aromatic N) is 3. The smallest absolute Gasteiger partial charge is 0.262 e. The van der Waals surface area contributed by atoms with Crippen LogP contribution in [0.5, 0.6) is 0 Å². The van der Waals surface area contributed by atoms with Gasteiger partial charge in [0.1, 0.15) is 0 Å². The van der Waals surface area contributed by atoms with Gasteiger partial charge in [0.25, 0.3) is 11.5 Å². The lowest BCUT2D eigenvalue weighted by Gasteiger charge is -2.09. The Morgan fingerprint density at radius 1 is 1.28 bits per heavy atom. The second-order valence-corrected chi connectivity index (χ2v) is 6.90. The van der Waals surface area contributed by atoms with Crippen molar-refractivity contribution in [3.63, 3.8) is 0 Å². The van der Waals surface area contributed by atoms with Crippen LogP contribution in [-0.2, 0) is 13.1 Å². The van der Waals surface area contributed by atoms with Gasteiger partial charge in [0.15, 0.2) is 4.77 Å². The molecule has 2 aromatic heterocycles. The molecule has 0 spiro atoms. The number of imidazole rings is 1. The van der Waals surface area contributed by atoms with E-state index in [1.807, 2.05) is 35.8 Å².